The van der Waals surface area contributed by atoms with E-state index in [-0.39, 0.29) is 11.2 Å². The second kappa shape index (κ2) is 3.67. The second-order valence-corrected chi connectivity index (χ2v) is 4.17. The summed E-state index contributed by atoms with van der Waals surface area (Å²) < 4.78 is 12.9. The van der Waals surface area contributed by atoms with Crippen LogP contribution in [0.15, 0.2) is 24.3 Å². The van der Waals surface area contributed by atoms with E-state index in [1.165, 1.54) is 6.07 Å². The smallest absolute Gasteiger partial charge is 0.123 e. The van der Waals surface area contributed by atoms with E-state index in [9.17, 15) is 4.39 Å². The zero-order valence-electron chi connectivity index (χ0n) is 7.34. The van der Waals surface area contributed by atoms with Gasteiger partial charge in [-0.3, -0.25) is 0 Å². The van der Waals surface area contributed by atoms with E-state index < -0.39 is 0 Å². The minimum atomic E-state index is -0.159. The fourth-order valence-corrected chi connectivity index (χ4v) is 2.45. The molecule has 13 heavy (non-hydrogen) atoms. The maximum Gasteiger partial charge on any atom is 0.123 e. The Labute approximate surface area is 82.7 Å². The van der Waals surface area contributed by atoms with Crippen molar-refractivity contribution < 1.29 is 4.39 Å². The normalized spacial score (nSPS) is 27.8. The molecule has 0 nitrogen and oxygen atoms in total. The van der Waals surface area contributed by atoms with Gasteiger partial charge in [-0.25, -0.2) is 4.39 Å². The topological polar surface area (TPSA) is 0 Å². The van der Waals surface area contributed by atoms with E-state index in [0.717, 1.165) is 24.8 Å². The lowest BCUT2D eigenvalue weighted by Crippen LogP contribution is -2.04. The van der Waals surface area contributed by atoms with Gasteiger partial charge in [0.2, 0.25) is 0 Å². The molecule has 1 aromatic carbocycles. The summed E-state index contributed by atoms with van der Waals surface area (Å²) in [5.74, 6) is 0.200. The third-order valence-electron chi connectivity index (χ3n) is 2.71. The Morgan fingerprint density at radius 2 is 2.15 bits per heavy atom. The van der Waals surface area contributed by atoms with Crippen molar-refractivity contribution in [1.29, 1.82) is 0 Å². The molecule has 2 atom stereocenters. The molecule has 2 heteroatoms. The Bertz CT molecular complexity index is 298. The molecule has 1 fully saturated rings. The van der Waals surface area contributed by atoms with Gasteiger partial charge in [-0.15, -0.1) is 11.6 Å². The summed E-state index contributed by atoms with van der Waals surface area (Å²) in [6.45, 7) is 0. The lowest BCUT2D eigenvalue weighted by molar-refractivity contribution is 0.619. The Hall–Kier alpha value is -0.560. The Morgan fingerprint density at radius 3 is 2.77 bits per heavy atom. The molecule has 0 spiro atoms. The lowest BCUT2D eigenvalue weighted by Gasteiger charge is -2.13. The van der Waals surface area contributed by atoms with E-state index in [2.05, 4.69) is 0 Å². The van der Waals surface area contributed by atoms with Gasteiger partial charge in [0.25, 0.3) is 0 Å². The van der Waals surface area contributed by atoms with Crippen LogP contribution in [-0.4, -0.2) is 5.38 Å². The molecule has 2 rings (SSSR count). The number of hydrogen-bond acceptors (Lipinski definition) is 0. The highest BCUT2D eigenvalue weighted by atomic mass is 35.5. The maximum atomic E-state index is 12.9. The van der Waals surface area contributed by atoms with Crippen LogP contribution in [0.3, 0.4) is 0 Å². The van der Waals surface area contributed by atoms with Crippen molar-refractivity contribution in [2.45, 2.75) is 30.6 Å². The molecule has 1 aliphatic carbocycles. The lowest BCUT2D eigenvalue weighted by atomic mass is 9.97. The van der Waals surface area contributed by atoms with E-state index in [1.54, 1.807) is 12.1 Å². The average molecular weight is 199 g/mol. The summed E-state index contributed by atoms with van der Waals surface area (Å²) in [4.78, 5) is 0. The fourth-order valence-electron chi connectivity index (χ4n) is 2.03. The standard InChI is InChI=1S/C11H12ClF/c12-11-6-2-5-10(11)8-3-1-4-9(13)7-8/h1,3-4,7,10-11H,2,5-6H2. The van der Waals surface area contributed by atoms with Gasteiger partial charge < -0.3 is 0 Å². The molecule has 2 unspecified atom stereocenters. The first-order chi connectivity index (χ1) is 6.27. The van der Waals surface area contributed by atoms with Gasteiger partial charge in [-0.2, -0.15) is 0 Å². The van der Waals surface area contributed by atoms with Crippen LogP contribution in [0.25, 0.3) is 0 Å². The molecule has 0 aromatic heterocycles. The van der Waals surface area contributed by atoms with E-state index in [0.29, 0.717) is 5.92 Å². The highest BCUT2D eigenvalue weighted by Gasteiger charge is 2.26. The number of halogens is 2. The molecule has 70 valence electrons. The van der Waals surface area contributed by atoms with Crippen molar-refractivity contribution in [3.8, 4) is 0 Å². The zero-order chi connectivity index (χ0) is 9.26. The Morgan fingerprint density at radius 1 is 1.31 bits per heavy atom. The maximum absolute atomic E-state index is 12.9. The van der Waals surface area contributed by atoms with Crippen LogP contribution in [0, 0.1) is 5.82 Å². The van der Waals surface area contributed by atoms with Crippen LogP contribution >= 0.6 is 11.6 Å². The molecule has 0 aliphatic heterocycles. The molecule has 0 radical (unpaired) electrons. The Kier molecular flexibility index (Phi) is 2.54. The number of alkyl halides is 1. The van der Waals surface area contributed by atoms with Crippen LogP contribution in [0.1, 0.15) is 30.7 Å². The van der Waals surface area contributed by atoms with Crippen LogP contribution in [-0.2, 0) is 0 Å². The monoisotopic (exact) mass is 198 g/mol. The van der Waals surface area contributed by atoms with Crippen molar-refractivity contribution in [1.82, 2.24) is 0 Å². The van der Waals surface area contributed by atoms with E-state index >= 15 is 0 Å². The zero-order valence-corrected chi connectivity index (χ0v) is 8.10. The summed E-state index contributed by atoms with van der Waals surface area (Å²) in [6.07, 6.45) is 3.32. The van der Waals surface area contributed by atoms with Gasteiger partial charge >= 0.3 is 0 Å². The molecular weight excluding hydrogens is 187 g/mol. The summed E-state index contributed by atoms with van der Waals surface area (Å²) in [5, 5.41) is 0.196. The number of benzene rings is 1. The quantitative estimate of drug-likeness (QED) is 0.604. The first-order valence-corrected chi connectivity index (χ1v) is 5.10. The highest BCUT2D eigenvalue weighted by molar-refractivity contribution is 6.21. The van der Waals surface area contributed by atoms with Crippen molar-refractivity contribution >= 4 is 11.6 Å². The van der Waals surface area contributed by atoms with Gasteiger partial charge in [-0.1, -0.05) is 18.6 Å². The SMILES string of the molecule is Fc1cccc(C2CCCC2Cl)c1. The molecular formula is C11H12ClF. The minimum absolute atomic E-state index is 0.159. The highest BCUT2D eigenvalue weighted by Crippen LogP contribution is 2.38. The molecule has 0 heterocycles. The summed E-state index contributed by atoms with van der Waals surface area (Å²) >= 11 is 6.14. The minimum Gasteiger partial charge on any atom is -0.207 e. The van der Waals surface area contributed by atoms with E-state index in [1.807, 2.05) is 6.07 Å². The third kappa shape index (κ3) is 1.86. The van der Waals surface area contributed by atoms with Crippen LogP contribution in [0.5, 0.6) is 0 Å². The fraction of sp³-hybridized carbons (Fsp3) is 0.455. The Balaban J connectivity index is 2.24. The average Bonchev–Trinajstić information content (AvgIpc) is 2.51. The van der Waals surface area contributed by atoms with Crippen molar-refractivity contribution in [2.75, 3.05) is 0 Å². The summed E-state index contributed by atoms with van der Waals surface area (Å²) in [7, 11) is 0. The predicted octanol–water partition coefficient (Wildman–Crippen LogP) is 3.70. The van der Waals surface area contributed by atoms with Crippen LogP contribution in [0.4, 0.5) is 4.39 Å². The molecule has 0 saturated heterocycles. The van der Waals surface area contributed by atoms with E-state index in [4.69, 9.17) is 11.6 Å². The molecule has 1 saturated carbocycles. The van der Waals surface area contributed by atoms with Gasteiger partial charge in [0.15, 0.2) is 0 Å². The molecule has 0 bridgehead atoms. The van der Waals surface area contributed by atoms with Crippen LogP contribution in [0.2, 0.25) is 0 Å². The molecule has 1 aliphatic rings. The second-order valence-electron chi connectivity index (χ2n) is 3.61. The van der Waals surface area contributed by atoms with Gasteiger partial charge in [0.05, 0.1) is 0 Å². The molecule has 0 N–H and O–H groups in total. The molecule has 1 aromatic rings. The molecule has 0 amide bonds. The summed E-state index contributed by atoms with van der Waals surface area (Å²) in [5.41, 5.74) is 1.05. The van der Waals surface area contributed by atoms with Crippen LogP contribution < -0.4 is 0 Å². The van der Waals surface area contributed by atoms with Gasteiger partial charge in [0.1, 0.15) is 5.82 Å². The number of hydrogen-bond donors (Lipinski definition) is 0. The van der Waals surface area contributed by atoms with Crippen molar-refractivity contribution in [2.24, 2.45) is 0 Å². The predicted molar refractivity (Wildman–Crippen MR) is 52.6 cm³/mol. The summed E-state index contributed by atoms with van der Waals surface area (Å²) in [6, 6.07) is 6.80. The van der Waals surface area contributed by atoms with Gasteiger partial charge in [0, 0.05) is 11.3 Å². The first kappa shape index (κ1) is 9.01. The van der Waals surface area contributed by atoms with Gasteiger partial charge in [-0.05, 0) is 30.5 Å². The number of rotatable bonds is 1. The third-order valence-corrected chi connectivity index (χ3v) is 3.23. The largest absolute Gasteiger partial charge is 0.207 e. The van der Waals surface area contributed by atoms with Crippen molar-refractivity contribution in [3.05, 3.63) is 35.6 Å². The van der Waals surface area contributed by atoms with Crippen molar-refractivity contribution in [3.63, 3.8) is 0 Å². The first-order valence-electron chi connectivity index (χ1n) is 4.67.